The number of rotatable bonds is 4. The van der Waals surface area contributed by atoms with Crippen LogP contribution in [0.3, 0.4) is 0 Å². The van der Waals surface area contributed by atoms with Gasteiger partial charge in [-0.25, -0.2) is 4.79 Å². The molecule has 2 heterocycles. The van der Waals surface area contributed by atoms with Gasteiger partial charge in [-0.1, -0.05) is 0 Å². The van der Waals surface area contributed by atoms with Crippen LogP contribution in [0.1, 0.15) is 33.6 Å². The van der Waals surface area contributed by atoms with Crippen molar-refractivity contribution in [3.8, 4) is 0 Å². The van der Waals surface area contributed by atoms with Gasteiger partial charge in [-0.15, -0.1) is 0 Å². The van der Waals surface area contributed by atoms with E-state index in [-0.39, 0.29) is 18.2 Å². The average molecular weight is 327 g/mol. The van der Waals surface area contributed by atoms with E-state index in [0.717, 1.165) is 12.5 Å². The first-order chi connectivity index (χ1) is 10.8. The third kappa shape index (κ3) is 5.62. The standard InChI is InChI=1S/C17H33N3O3/c1-17(2,3)23-16(21)20-11-14(15(12-20)22-5)18-10-13-6-8-19(4)9-7-13/h13-15,18H,6-12H2,1-5H3/t14?,15-/m0/s1. The first kappa shape index (κ1) is 18.5. The van der Waals surface area contributed by atoms with Crippen molar-refractivity contribution in [2.24, 2.45) is 5.92 Å². The van der Waals surface area contributed by atoms with Crippen molar-refractivity contribution >= 4 is 6.09 Å². The highest BCUT2D eigenvalue weighted by Crippen LogP contribution is 2.19. The van der Waals surface area contributed by atoms with E-state index in [1.807, 2.05) is 20.8 Å². The molecule has 0 radical (unpaired) electrons. The summed E-state index contributed by atoms with van der Waals surface area (Å²) in [7, 11) is 3.90. The maximum Gasteiger partial charge on any atom is 0.410 e. The zero-order chi connectivity index (χ0) is 17.0. The van der Waals surface area contributed by atoms with Crippen LogP contribution >= 0.6 is 0 Å². The molecule has 1 unspecified atom stereocenters. The largest absolute Gasteiger partial charge is 0.444 e. The van der Waals surface area contributed by atoms with E-state index >= 15 is 0 Å². The highest BCUT2D eigenvalue weighted by atomic mass is 16.6. The zero-order valence-electron chi connectivity index (χ0n) is 15.3. The number of piperidine rings is 1. The lowest BCUT2D eigenvalue weighted by molar-refractivity contribution is 0.0252. The molecule has 6 heteroatoms. The molecule has 2 fully saturated rings. The van der Waals surface area contributed by atoms with Gasteiger partial charge in [0.1, 0.15) is 5.60 Å². The summed E-state index contributed by atoms with van der Waals surface area (Å²) >= 11 is 0. The predicted octanol–water partition coefficient (Wildman–Crippen LogP) is 1.55. The molecular formula is C17H33N3O3. The lowest BCUT2D eigenvalue weighted by Gasteiger charge is -2.30. The Kier molecular flexibility index (Phi) is 6.28. The number of nitrogens with one attached hydrogen (secondary N) is 1. The molecule has 1 amide bonds. The van der Waals surface area contributed by atoms with Gasteiger partial charge in [0.15, 0.2) is 0 Å². The Balaban J connectivity index is 1.81. The summed E-state index contributed by atoms with van der Waals surface area (Å²) in [5.74, 6) is 0.722. The summed E-state index contributed by atoms with van der Waals surface area (Å²) in [6, 6.07) is 0.187. The SMILES string of the molecule is CO[C@H]1CN(C(=O)OC(C)(C)C)CC1NCC1CCN(C)CC1. The van der Waals surface area contributed by atoms with Gasteiger partial charge in [0, 0.05) is 13.7 Å². The van der Waals surface area contributed by atoms with Crippen LogP contribution in [0.4, 0.5) is 4.79 Å². The smallest absolute Gasteiger partial charge is 0.410 e. The predicted molar refractivity (Wildman–Crippen MR) is 90.6 cm³/mol. The molecule has 2 saturated heterocycles. The van der Waals surface area contributed by atoms with Crippen molar-refractivity contribution in [2.45, 2.75) is 51.4 Å². The lowest BCUT2D eigenvalue weighted by Crippen LogP contribution is -2.44. The quantitative estimate of drug-likeness (QED) is 0.849. The minimum atomic E-state index is -0.459. The normalized spacial score (nSPS) is 27.4. The average Bonchev–Trinajstić information content (AvgIpc) is 2.88. The first-order valence-corrected chi connectivity index (χ1v) is 8.71. The summed E-state index contributed by atoms with van der Waals surface area (Å²) in [6.45, 7) is 10.3. The molecule has 0 aromatic rings. The van der Waals surface area contributed by atoms with E-state index in [1.54, 1.807) is 12.0 Å². The van der Waals surface area contributed by atoms with Gasteiger partial charge in [0.05, 0.1) is 18.7 Å². The molecule has 6 nitrogen and oxygen atoms in total. The van der Waals surface area contributed by atoms with Crippen LogP contribution in [0, 0.1) is 5.92 Å². The molecular weight excluding hydrogens is 294 g/mol. The number of ether oxygens (including phenoxy) is 2. The minimum absolute atomic E-state index is 0.0359. The van der Waals surface area contributed by atoms with Crippen LogP contribution in [0.2, 0.25) is 0 Å². The van der Waals surface area contributed by atoms with E-state index in [2.05, 4.69) is 17.3 Å². The van der Waals surface area contributed by atoms with Crippen LogP contribution < -0.4 is 5.32 Å². The Labute approximate surface area is 140 Å². The molecule has 0 aliphatic carbocycles. The topological polar surface area (TPSA) is 54.0 Å². The first-order valence-electron chi connectivity index (χ1n) is 8.71. The van der Waals surface area contributed by atoms with Gasteiger partial charge in [0.25, 0.3) is 0 Å². The third-order valence-corrected chi connectivity index (χ3v) is 4.73. The molecule has 2 aliphatic rings. The molecule has 0 aromatic carbocycles. The number of nitrogens with zero attached hydrogens (tertiary/aromatic N) is 2. The van der Waals surface area contributed by atoms with Crippen LogP contribution in [-0.2, 0) is 9.47 Å². The second-order valence-corrected chi connectivity index (χ2v) is 7.92. The van der Waals surface area contributed by atoms with Crippen LogP contribution in [0.25, 0.3) is 0 Å². The van der Waals surface area contributed by atoms with E-state index in [0.29, 0.717) is 13.1 Å². The fourth-order valence-electron chi connectivity index (χ4n) is 3.27. The fraction of sp³-hybridized carbons (Fsp3) is 0.941. The molecule has 0 saturated carbocycles. The van der Waals surface area contributed by atoms with Gasteiger partial charge in [0.2, 0.25) is 0 Å². The summed E-state index contributed by atoms with van der Waals surface area (Å²) in [5, 5.41) is 3.62. The van der Waals surface area contributed by atoms with Gasteiger partial charge in [-0.05, 0) is 66.2 Å². The minimum Gasteiger partial charge on any atom is -0.444 e. The number of likely N-dealkylation sites (tertiary alicyclic amines) is 2. The van der Waals surface area contributed by atoms with Crippen LogP contribution in [0.5, 0.6) is 0 Å². The van der Waals surface area contributed by atoms with E-state index < -0.39 is 5.60 Å². The summed E-state index contributed by atoms with van der Waals surface area (Å²) < 4.78 is 11.0. The molecule has 2 atom stereocenters. The van der Waals surface area contributed by atoms with Crippen molar-refractivity contribution in [3.05, 3.63) is 0 Å². The van der Waals surface area contributed by atoms with E-state index in [4.69, 9.17) is 9.47 Å². The number of methoxy groups -OCH3 is 1. The van der Waals surface area contributed by atoms with Gasteiger partial charge in [-0.3, -0.25) is 0 Å². The third-order valence-electron chi connectivity index (χ3n) is 4.73. The van der Waals surface area contributed by atoms with Gasteiger partial charge in [-0.2, -0.15) is 0 Å². The van der Waals surface area contributed by atoms with E-state index in [9.17, 15) is 4.79 Å². The Hall–Kier alpha value is -0.850. The maximum absolute atomic E-state index is 12.2. The summed E-state index contributed by atoms with van der Waals surface area (Å²) in [6.07, 6.45) is 2.27. The molecule has 0 bridgehead atoms. The van der Waals surface area contributed by atoms with Gasteiger partial charge >= 0.3 is 6.09 Å². The second-order valence-electron chi connectivity index (χ2n) is 7.92. The summed E-state index contributed by atoms with van der Waals surface area (Å²) in [4.78, 5) is 16.4. The van der Waals surface area contributed by atoms with Crippen molar-refractivity contribution < 1.29 is 14.3 Å². The van der Waals surface area contributed by atoms with Crippen molar-refractivity contribution in [3.63, 3.8) is 0 Å². The molecule has 23 heavy (non-hydrogen) atoms. The van der Waals surface area contributed by atoms with Crippen molar-refractivity contribution in [1.29, 1.82) is 0 Å². The summed E-state index contributed by atoms with van der Waals surface area (Å²) in [5.41, 5.74) is -0.459. The number of hydrogen-bond donors (Lipinski definition) is 1. The van der Waals surface area contributed by atoms with E-state index in [1.165, 1.54) is 25.9 Å². The Morgan fingerprint density at radius 2 is 1.87 bits per heavy atom. The monoisotopic (exact) mass is 327 g/mol. The highest BCUT2D eigenvalue weighted by molar-refractivity contribution is 5.68. The van der Waals surface area contributed by atoms with Crippen LogP contribution in [-0.4, -0.2) is 80.5 Å². The van der Waals surface area contributed by atoms with Crippen molar-refractivity contribution in [1.82, 2.24) is 15.1 Å². The molecule has 134 valence electrons. The molecule has 0 aromatic heterocycles. The zero-order valence-corrected chi connectivity index (χ0v) is 15.3. The molecule has 0 spiro atoms. The Bertz CT molecular complexity index is 389. The Morgan fingerprint density at radius 3 is 2.43 bits per heavy atom. The molecule has 2 rings (SSSR count). The number of amides is 1. The molecule has 2 aliphatic heterocycles. The highest BCUT2D eigenvalue weighted by Gasteiger charge is 2.37. The number of carbonyl (C=O) groups excluding carboxylic acids is 1. The number of hydrogen-bond acceptors (Lipinski definition) is 5. The van der Waals surface area contributed by atoms with Crippen molar-refractivity contribution in [2.75, 3.05) is 46.9 Å². The molecule has 1 N–H and O–H groups in total. The second kappa shape index (κ2) is 7.81. The number of carbonyl (C=O) groups is 1. The Morgan fingerprint density at radius 1 is 1.22 bits per heavy atom. The van der Waals surface area contributed by atoms with Gasteiger partial charge < -0.3 is 24.6 Å². The maximum atomic E-state index is 12.2. The fourth-order valence-corrected chi connectivity index (χ4v) is 3.27. The van der Waals surface area contributed by atoms with Crippen LogP contribution in [0.15, 0.2) is 0 Å². The lowest BCUT2D eigenvalue weighted by atomic mass is 9.97.